The highest BCUT2D eigenvalue weighted by Crippen LogP contribution is 2.24. The van der Waals surface area contributed by atoms with Crippen LogP contribution in [0.25, 0.3) is 0 Å². The first kappa shape index (κ1) is 16.4. The maximum atomic E-state index is 12.3. The molecule has 19 heavy (non-hydrogen) atoms. The third-order valence-electron chi connectivity index (χ3n) is 4.17. The van der Waals surface area contributed by atoms with Crippen LogP contribution in [0.15, 0.2) is 0 Å². The fraction of sp³-hybridized carbons (Fsp3) is 0.933. The maximum absolute atomic E-state index is 12.3. The highest BCUT2D eigenvalue weighted by atomic mass is 16.2. The third kappa shape index (κ3) is 5.11. The molecule has 4 nitrogen and oxygen atoms in total. The van der Waals surface area contributed by atoms with Gasteiger partial charge < -0.3 is 11.1 Å². The molecular weight excluding hydrogens is 238 g/mol. The van der Waals surface area contributed by atoms with Crippen LogP contribution in [0, 0.1) is 0 Å². The molecule has 0 aromatic heterocycles. The standard InChI is InChI=1S/C15H31N3O/c1-4-7-12(2)17-15(19)13(3)18(11-10-16)14-8-5-6-9-14/h12-14H,4-11,16H2,1-3H3,(H,17,19). The Hall–Kier alpha value is -0.610. The summed E-state index contributed by atoms with van der Waals surface area (Å²) in [5.41, 5.74) is 5.71. The Labute approximate surface area is 118 Å². The molecule has 0 bridgehead atoms. The van der Waals surface area contributed by atoms with Gasteiger partial charge in [-0.2, -0.15) is 0 Å². The van der Waals surface area contributed by atoms with Gasteiger partial charge in [-0.3, -0.25) is 9.69 Å². The van der Waals surface area contributed by atoms with Crippen molar-refractivity contribution in [2.45, 2.75) is 77.4 Å². The molecule has 4 heteroatoms. The maximum Gasteiger partial charge on any atom is 0.237 e. The van der Waals surface area contributed by atoms with Gasteiger partial charge in [0.25, 0.3) is 0 Å². The fourth-order valence-electron chi connectivity index (χ4n) is 3.10. The van der Waals surface area contributed by atoms with Crippen molar-refractivity contribution >= 4 is 5.91 Å². The van der Waals surface area contributed by atoms with Crippen molar-refractivity contribution in [3.8, 4) is 0 Å². The summed E-state index contributed by atoms with van der Waals surface area (Å²) in [6.45, 7) is 7.68. The van der Waals surface area contributed by atoms with Crippen LogP contribution < -0.4 is 11.1 Å². The number of hydrogen-bond acceptors (Lipinski definition) is 3. The number of carbonyl (C=O) groups is 1. The van der Waals surface area contributed by atoms with Gasteiger partial charge in [-0.05, 0) is 33.1 Å². The van der Waals surface area contributed by atoms with Crippen molar-refractivity contribution in [3.05, 3.63) is 0 Å². The minimum absolute atomic E-state index is 0.0639. The number of nitrogens with two attached hydrogens (primary N) is 1. The van der Waals surface area contributed by atoms with Crippen molar-refractivity contribution in [3.63, 3.8) is 0 Å². The van der Waals surface area contributed by atoms with Crippen LogP contribution in [-0.4, -0.2) is 42.0 Å². The lowest BCUT2D eigenvalue weighted by atomic mass is 10.1. The Balaban J connectivity index is 2.54. The first-order chi connectivity index (χ1) is 9.10. The second kappa shape index (κ2) is 8.54. The van der Waals surface area contributed by atoms with Gasteiger partial charge in [-0.25, -0.2) is 0 Å². The van der Waals surface area contributed by atoms with E-state index in [0.717, 1.165) is 19.4 Å². The van der Waals surface area contributed by atoms with E-state index in [1.54, 1.807) is 0 Å². The molecule has 0 spiro atoms. The van der Waals surface area contributed by atoms with E-state index in [0.29, 0.717) is 12.6 Å². The fourth-order valence-corrected chi connectivity index (χ4v) is 3.10. The lowest BCUT2D eigenvalue weighted by Crippen LogP contribution is -2.52. The first-order valence-electron chi connectivity index (χ1n) is 7.86. The van der Waals surface area contributed by atoms with Gasteiger partial charge in [0.1, 0.15) is 0 Å². The van der Waals surface area contributed by atoms with Crippen molar-refractivity contribution < 1.29 is 4.79 Å². The summed E-state index contributed by atoms with van der Waals surface area (Å²) in [7, 11) is 0. The van der Waals surface area contributed by atoms with Gasteiger partial charge in [0.05, 0.1) is 6.04 Å². The van der Waals surface area contributed by atoms with Gasteiger partial charge in [0.2, 0.25) is 5.91 Å². The van der Waals surface area contributed by atoms with Crippen molar-refractivity contribution in [2.75, 3.05) is 13.1 Å². The largest absolute Gasteiger partial charge is 0.352 e. The zero-order chi connectivity index (χ0) is 14.3. The predicted octanol–water partition coefficient (Wildman–Crippen LogP) is 1.88. The molecule has 1 aliphatic rings. The predicted molar refractivity (Wildman–Crippen MR) is 80.0 cm³/mol. The molecule has 1 rings (SSSR count). The van der Waals surface area contributed by atoms with E-state index in [9.17, 15) is 4.79 Å². The third-order valence-corrected chi connectivity index (χ3v) is 4.17. The van der Waals surface area contributed by atoms with E-state index in [1.807, 2.05) is 6.92 Å². The topological polar surface area (TPSA) is 58.4 Å². The summed E-state index contributed by atoms with van der Waals surface area (Å²) in [6.07, 6.45) is 7.13. The van der Waals surface area contributed by atoms with Crippen LogP contribution in [-0.2, 0) is 4.79 Å². The second-order valence-corrected chi connectivity index (χ2v) is 5.84. The Morgan fingerprint density at radius 1 is 1.37 bits per heavy atom. The Morgan fingerprint density at radius 3 is 2.53 bits per heavy atom. The SMILES string of the molecule is CCCC(C)NC(=O)C(C)N(CCN)C1CCCC1. The van der Waals surface area contributed by atoms with Gasteiger partial charge in [0.15, 0.2) is 0 Å². The zero-order valence-corrected chi connectivity index (χ0v) is 12.8. The molecule has 3 N–H and O–H groups in total. The van der Waals surface area contributed by atoms with E-state index in [2.05, 4.69) is 24.1 Å². The van der Waals surface area contributed by atoms with E-state index in [1.165, 1.54) is 25.7 Å². The Morgan fingerprint density at radius 2 is 2.00 bits per heavy atom. The highest BCUT2D eigenvalue weighted by molar-refractivity contribution is 5.81. The van der Waals surface area contributed by atoms with Crippen molar-refractivity contribution in [2.24, 2.45) is 5.73 Å². The number of carbonyl (C=O) groups excluding carboxylic acids is 1. The molecular formula is C15H31N3O. The molecule has 0 aromatic carbocycles. The summed E-state index contributed by atoms with van der Waals surface area (Å²) in [4.78, 5) is 14.6. The van der Waals surface area contributed by atoms with Crippen molar-refractivity contribution in [1.82, 2.24) is 10.2 Å². The lowest BCUT2D eigenvalue weighted by molar-refractivity contribution is -0.127. The zero-order valence-electron chi connectivity index (χ0n) is 12.8. The highest BCUT2D eigenvalue weighted by Gasteiger charge is 2.29. The second-order valence-electron chi connectivity index (χ2n) is 5.84. The number of hydrogen-bond donors (Lipinski definition) is 2. The van der Waals surface area contributed by atoms with E-state index in [4.69, 9.17) is 5.73 Å². The molecule has 1 aliphatic carbocycles. The van der Waals surface area contributed by atoms with Crippen LogP contribution in [0.4, 0.5) is 0 Å². The lowest BCUT2D eigenvalue weighted by Gasteiger charge is -2.33. The molecule has 1 saturated carbocycles. The number of nitrogens with one attached hydrogen (secondary N) is 1. The quantitative estimate of drug-likeness (QED) is 0.707. The van der Waals surface area contributed by atoms with Gasteiger partial charge in [-0.15, -0.1) is 0 Å². The molecule has 1 fully saturated rings. The molecule has 2 unspecified atom stereocenters. The first-order valence-corrected chi connectivity index (χ1v) is 7.86. The monoisotopic (exact) mass is 269 g/mol. The molecule has 1 amide bonds. The van der Waals surface area contributed by atoms with Crippen LogP contribution in [0.1, 0.15) is 59.3 Å². The number of nitrogens with zero attached hydrogens (tertiary/aromatic N) is 1. The van der Waals surface area contributed by atoms with E-state index >= 15 is 0 Å². The van der Waals surface area contributed by atoms with Crippen LogP contribution >= 0.6 is 0 Å². The smallest absolute Gasteiger partial charge is 0.237 e. The van der Waals surface area contributed by atoms with E-state index < -0.39 is 0 Å². The van der Waals surface area contributed by atoms with Crippen LogP contribution in [0.2, 0.25) is 0 Å². The Kier molecular flexibility index (Phi) is 7.39. The normalized spacial score (nSPS) is 19.6. The van der Waals surface area contributed by atoms with Gasteiger partial charge in [0, 0.05) is 25.2 Å². The average molecular weight is 269 g/mol. The molecule has 0 radical (unpaired) electrons. The van der Waals surface area contributed by atoms with Crippen LogP contribution in [0.3, 0.4) is 0 Å². The summed E-state index contributed by atoms with van der Waals surface area (Å²) < 4.78 is 0. The molecule has 0 aliphatic heterocycles. The van der Waals surface area contributed by atoms with Crippen molar-refractivity contribution in [1.29, 1.82) is 0 Å². The summed E-state index contributed by atoms with van der Waals surface area (Å²) in [6, 6.07) is 0.750. The van der Waals surface area contributed by atoms with Crippen LogP contribution in [0.5, 0.6) is 0 Å². The minimum Gasteiger partial charge on any atom is -0.352 e. The molecule has 112 valence electrons. The van der Waals surface area contributed by atoms with Gasteiger partial charge >= 0.3 is 0 Å². The summed E-state index contributed by atoms with van der Waals surface area (Å²) >= 11 is 0. The van der Waals surface area contributed by atoms with Gasteiger partial charge in [-0.1, -0.05) is 26.2 Å². The molecule has 0 heterocycles. The summed E-state index contributed by atoms with van der Waals surface area (Å²) in [5, 5.41) is 3.12. The minimum atomic E-state index is -0.0639. The number of rotatable bonds is 8. The van der Waals surface area contributed by atoms with E-state index in [-0.39, 0.29) is 18.0 Å². The number of amides is 1. The molecule has 0 saturated heterocycles. The summed E-state index contributed by atoms with van der Waals surface area (Å²) in [5.74, 6) is 0.154. The average Bonchev–Trinajstić information content (AvgIpc) is 2.88. The molecule has 2 atom stereocenters. The Bertz CT molecular complexity index is 264. The molecule has 0 aromatic rings.